The Morgan fingerprint density at radius 2 is 1.55 bits per heavy atom. The van der Waals surface area contributed by atoms with E-state index < -0.39 is 11.8 Å². The van der Waals surface area contributed by atoms with Gasteiger partial charge in [0, 0.05) is 12.1 Å². The lowest BCUT2D eigenvalue weighted by atomic mass is 9.92. The standard InChI is InChI=1S/C23H26N2O4/c1-13(2)16-6-5-7-17(14(3)4)20(16)25-22(28)18-9-8-15(12-19(18)23(25)29)21(27)24-10-11-26/h5-9,12-14,26H,10-11H2,1-4H3,(H,24,27). The molecule has 6 heteroatoms. The lowest BCUT2D eigenvalue weighted by Crippen LogP contribution is -2.31. The number of nitrogens with one attached hydrogen (secondary N) is 1. The Bertz CT molecular complexity index is 953. The van der Waals surface area contributed by atoms with E-state index in [0.717, 1.165) is 11.1 Å². The van der Waals surface area contributed by atoms with Crippen LogP contribution in [0.1, 0.15) is 81.7 Å². The Labute approximate surface area is 170 Å². The van der Waals surface area contributed by atoms with Crippen LogP contribution in [0.5, 0.6) is 0 Å². The molecular weight excluding hydrogens is 368 g/mol. The number of nitrogens with zero attached hydrogens (tertiary/aromatic N) is 1. The van der Waals surface area contributed by atoms with Gasteiger partial charge in [0.2, 0.25) is 0 Å². The largest absolute Gasteiger partial charge is 0.395 e. The van der Waals surface area contributed by atoms with Crippen molar-refractivity contribution in [2.45, 2.75) is 39.5 Å². The highest BCUT2D eigenvalue weighted by Gasteiger charge is 2.39. The number of hydrogen-bond donors (Lipinski definition) is 2. The second-order valence-corrected chi connectivity index (χ2v) is 7.78. The van der Waals surface area contributed by atoms with E-state index >= 15 is 0 Å². The Hall–Kier alpha value is -2.99. The third kappa shape index (κ3) is 3.68. The second-order valence-electron chi connectivity index (χ2n) is 7.78. The van der Waals surface area contributed by atoms with Crippen LogP contribution in [0.15, 0.2) is 36.4 Å². The fourth-order valence-electron chi connectivity index (χ4n) is 3.63. The summed E-state index contributed by atoms with van der Waals surface area (Å²) in [5, 5.41) is 11.4. The molecule has 0 aliphatic carbocycles. The number of para-hydroxylation sites is 1. The molecule has 2 N–H and O–H groups in total. The van der Waals surface area contributed by atoms with Crippen molar-refractivity contribution in [1.82, 2.24) is 5.32 Å². The summed E-state index contributed by atoms with van der Waals surface area (Å²) in [5.74, 6) is -0.925. The summed E-state index contributed by atoms with van der Waals surface area (Å²) in [7, 11) is 0. The van der Waals surface area contributed by atoms with Gasteiger partial charge >= 0.3 is 0 Å². The van der Waals surface area contributed by atoms with Gasteiger partial charge in [0.15, 0.2) is 0 Å². The summed E-state index contributed by atoms with van der Waals surface area (Å²) >= 11 is 0. The predicted molar refractivity (Wildman–Crippen MR) is 112 cm³/mol. The van der Waals surface area contributed by atoms with E-state index in [1.165, 1.54) is 23.1 Å². The van der Waals surface area contributed by atoms with Crippen LogP contribution < -0.4 is 10.2 Å². The average molecular weight is 394 g/mol. The number of carbonyl (C=O) groups is 3. The molecule has 1 aliphatic heterocycles. The molecule has 0 spiro atoms. The molecule has 6 nitrogen and oxygen atoms in total. The molecule has 2 aromatic rings. The number of aliphatic hydroxyl groups is 1. The highest BCUT2D eigenvalue weighted by molar-refractivity contribution is 6.35. The van der Waals surface area contributed by atoms with Crippen molar-refractivity contribution in [3.63, 3.8) is 0 Å². The van der Waals surface area contributed by atoms with Gasteiger partial charge in [0.25, 0.3) is 17.7 Å². The molecule has 1 heterocycles. The zero-order valence-electron chi connectivity index (χ0n) is 17.2. The van der Waals surface area contributed by atoms with Gasteiger partial charge in [0.1, 0.15) is 0 Å². The number of benzene rings is 2. The molecule has 0 saturated heterocycles. The fraction of sp³-hybridized carbons (Fsp3) is 0.348. The number of imide groups is 1. The molecule has 1 aliphatic rings. The molecule has 3 amide bonds. The number of anilines is 1. The normalized spacial score (nSPS) is 13.4. The van der Waals surface area contributed by atoms with Gasteiger partial charge in [-0.15, -0.1) is 0 Å². The van der Waals surface area contributed by atoms with Gasteiger partial charge in [0.05, 0.1) is 23.4 Å². The van der Waals surface area contributed by atoms with Crippen LogP contribution in [-0.2, 0) is 0 Å². The first kappa shape index (κ1) is 20.7. The first-order valence-corrected chi connectivity index (χ1v) is 9.82. The molecule has 0 bridgehead atoms. The molecule has 29 heavy (non-hydrogen) atoms. The van der Waals surface area contributed by atoms with E-state index in [2.05, 4.69) is 5.32 Å². The number of carbonyl (C=O) groups excluding carboxylic acids is 3. The van der Waals surface area contributed by atoms with Gasteiger partial charge in [-0.25, -0.2) is 4.90 Å². The van der Waals surface area contributed by atoms with E-state index in [1.54, 1.807) is 0 Å². The second kappa shape index (κ2) is 8.17. The fourth-order valence-corrected chi connectivity index (χ4v) is 3.63. The van der Waals surface area contributed by atoms with Crippen molar-refractivity contribution in [3.05, 3.63) is 64.2 Å². The molecule has 0 unspecified atom stereocenters. The molecule has 0 aromatic heterocycles. The van der Waals surface area contributed by atoms with Crippen LogP contribution in [0.3, 0.4) is 0 Å². The molecule has 0 atom stereocenters. The third-order valence-electron chi connectivity index (χ3n) is 5.11. The van der Waals surface area contributed by atoms with Crippen molar-refractivity contribution in [1.29, 1.82) is 0 Å². The molecule has 0 saturated carbocycles. The van der Waals surface area contributed by atoms with E-state index in [1.807, 2.05) is 45.9 Å². The number of amides is 3. The summed E-state index contributed by atoms with van der Waals surface area (Å²) in [6, 6.07) is 10.4. The molecule has 3 rings (SSSR count). The minimum absolute atomic E-state index is 0.119. The molecule has 0 radical (unpaired) electrons. The van der Waals surface area contributed by atoms with Crippen LogP contribution in [0, 0.1) is 0 Å². The van der Waals surface area contributed by atoms with Gasteiger partial charge in [-0.1, -0.05) is 45.9 Å². The first-order chi connectivity index (χ1) is 13.8. The van der Waals surface area contributed by atoms with Gasteiger partial charge in [-0.3, -0.25) is 14.4 Å². The van der Waals surface area contributed by atoms with E-state index in [9.17, 15) is 14.4 Å². The van der Waals surface area contributed by atoms with Crippen molar-refractivity contribution < 1.29 is 19.5 Å². The summed E-state index contributed by atoms with van der Waals surface area (Å²) in [6.45, 7) is 8.07. The molecule has 152 valence electrons. The van der Waals surface area contributed by atoms with Crippen LogP contribution in [-0.4, -0.2) is 36.0 Å². The predicted octanol–water partition coefficient (Wildman–Crippen LogP) is 3.46. The lowest BCUT2D eigenvalue weighted by molar-refractivity contribution is 0.0922. The number of aliphatic hydroxyl groups excluding tert-OH is 1. The maximum absolute atomic E-state index is 13.3. The zero-order chi connectivity index (χ0) is 21.3. The van der Waals surface area contributed by atoms with E-state index in [0.29, 0.717) is 11.3 Å². The lowest BCUT2D eigenvalue weighted by Gasteiger charge is -2.25. The average Bonchev–Trinajstić information content (AvgIpc) is 2.95. The smallest absolute Gasteiger partial charge is 0.266 e. The maximum atomic E-state index is 13.3. The Balaban J connectivity index is 2.09. The quantitative estimate of drug-likeness (QED) is 0.735. The minimum Gasteiger partial charge on any atom is -0.395 e. The molecular formula is C23H26N2O4. The number of rotatable bonds is 6. The van der Waals surface area contributed by atoms with E-state index in [4.69, 9.17) is 5.11 Å². The number of hydrogen-bond acceptors (Lipinski definition) is 4. The topological polar surface area (TPSA) is 86.7 Å². The summed E-state index contributed by atoms with van der Waals surface area (Å²) in [5.41, 5.74) is 3.32. The first-order valence-electron chi connectivity index (χ1n) is 9.82. The Kier molecular flexibility index (Phi) is 5.84. The molecule has 0 fully saturated rings. The Morgan fingerprint density at radius 3 is 2.10 bits per heavy atom. The van der Waals surface area contributed by atoms with Crippen LogP contribution >= 0.6 is 0 Å². The monoisotopic (exact) mass is 394 g/mol. The van der Waals surface area contributed by atoms with E-state index in [-0.39, 0.29) is 42.0 Å². The van der Waals surface area contributed by atoms with Crippen LogP contribution in [0.4, 0.5) is 5.69 Å². The highest BCUT2D eigenvalue weighted by Crippen LogP contribution is 2.39. The van der Waals surface area contributed by atoms with Crippen LogP contribution in [0.2, 0.25) is 0 Å². The third-order valence-corrected chi connectivity index (χ3v) is 5.11. The highest BCUT2D eigenvalue weighted by atomic mass is 16.3. The maximum Gasteiger partial charge on any atom is 0.266 e. The number of fused-ring (bicyclic) bond motifs is 1. The van der Waals surface area contributed by atoms with Crippen molar-refractivity contribution in [2.24, 2.45) is 0 Å². The summed E-state index contributed by atoms with van der Waals surface area (Å²) < 4.78 is 0. The summed E-state index contributed by atoms with van der Waals surface area (Å²) in [6.07, 6.45) is 0. The van der Waals surface area contributed by atoms with Crippen molar-refractivity contribution in [3.8, 4) is 0 Å². The zero-order valence-corrected chi connectivity index (χ0v) is 17.2. The Morgan fingerprint density at radius 1 is 0.966 bits per heavy atom. The van der Waals surface area contributed by atoms with Crippen molar-refractivity contribution >= 4 is 23.4 Å². The van der Waals surface area contributed by atoms with Crippen molar-refractivity contribution in [2.75, 3.05) is 18.1 Å². The SMILES string of the molecule is CC(C)c1cccc(C(C)C)c1N1C(=O)c2ccc(C(=O)NCCO)cc2C1=O. The minimum atomic E-state index is -0.420. The van der Waals surface area contributed by atoms with Gasteiger partial charge in [-0.05, 0) is 41.2 Å². The summed E-state index contributed by atoms with van der Waals surface area (Å²) in [4.78, 5) is 39.9. The van der Waals surface area contributed by atoms with Crippen LogP contribution in [0.25, 0.3) is 0 Å². The van der Waals surface area contributed by atoms with Gasteiger partial charge < -0.3 is 10.4 Å². The van der Waals surface area contributed by atoms with Gasteiger partial charge in [-0.2, -0.15) is 0 Å². The molecule has 2 aromatic carbocycles.